The number of likely N-dealkylation sites (tertiary alicyclic amines) is 1. The van der Waals surface area contributed by atoms with E-state index in [1.165, 1.54) is 11.3 Å². The van der Waals surface area contributed by atoms with Crippen LogP contribution in [0.1, 0.15) is 35.5 Å². The molecule has 0 radical (unpaired) electrons. The van der Waals surface area contributed by atoms with Crippen LogP contribution >= 0.6 is 11.3 Å². The molecule has 0 aromatic carbocycles. The van der Waals surface area contributed by atoms with Crippen molar-refractivity contribution in [1.82, 2.24) is 4.90 Å². The summed E-state index contributed by atoms with van der Waals surface area (Å²) in [6.07, 6.45) is 0.475. The second-order valence-electron chi connectivity index (χ2n) is 4.62. The molecule has 0 aliphatic carbocycles. The first kappa shape index (κ1) is 11.3. The highest BCUT2D eigenvalue weighted by Gasteiger charge is 2.43. The lowest BCUT2D eigenvalue weighted by molar-refractivity contribution is -0.123. The molecular weight excluding hydrogens is 222 g/mol. The predicted molar refractivity (Wildman–Crippen MR) is 63.8 cm³/mol. The van der Waals surface area contributed by atoms with Crippen LogP contribution in [0, 0.1) is 6.92 Å². The van der Waals surface area contributed by atoms with E-state index in [4.69, 9.17) is 0 Å². The predicted octanol–water partition coefficient (Wildman–Crippen LogP) is 2.25. The van der Waals surface area contributed by atoms with Crippen molar-refractivity contribution < 1.29 is 9.59 Å². The summed E-state index contributed by atoms with van der Waals surface area (Å²) in [5.41, 5.74) is 0.346. The van der Waals surface area contributed by atoms with Crippen LogP contribution in [0.3, 0.4) is 0 Å². The summed E-state index contributed by atoms with van der Waals surface area (Å²) in [5.74, 6) is 0.137. The van der Waals surface area contributed by atoms with Crippen molar-refractivity contribution >= 4 is 23.0 Å². The lowest BCUT2D eigenvalue weighted by Gasteiger charge is -2.29. The van der Waals surface area contributed by atoms with Gasteiger partial charge in [-0.3, -0.25) is 9.59 Å². The maximum absolute atomic E-state index is 12.3. The molecule has 1 aliphatic heterocycles. The fourth-order valence-corrected chi connectivity index (χ4v) is 2.89. The number of ketones is 1. The van der Waals surface area contributed by atoms with Crippen LogP contribution in [0.5, 0.6) is 0 Å². The van der Waals surface area contributed by atoms with Gasteiger partial charge in [-0.1, -0.05) is 0 Å². The van der Waals surface area contributed by atoms with Crippen molar-refractivity contribution in [3.63, 3.8) is 0 Å². The van der Waals surface area contributed by atoms with Gasteiger partial charge in [0.15, 0.2) is 5.78 Å². The third kappa shape index (κ3) is 1.57. The summed E-state index contributed by atoms with van der Waals surface area (Å²) >= 11 is 1.44. The van der Waals surface area contributed by atoms with Crippen LogP contribution < -0.4 is 0 Å². The average molecular weight is 237 g/mol. The van der Waals surface area contributed by atoms with Gasteiger partial charge in [-0.15, -0.1) is 11.3 Å². The van der Waals surface area contributed by atoms with Crippen LogP contribution in [-0.2, 0) is 4.79 Å². The van der Waals surface area contributed by atoms with E-state index in [1.807, 2.05) is 32.2 Å². The van der Waals surface area contributed by atoms with Crippen LogP contribution in [0.15, 0.2) is 11.4 Å². The molecule has 1 aliphatic rings. The third-order valence-electron chi connectivity index (χ3n) is 3.22. The molecule has 3 nitrogen and oxygen atoms in total. The average Bonchev–Trinajstić information content (AvgIpc) is 2.73. The molecule has 0 atom stereocenters. The largest absolute Gasteiger partial charge is 0.325 e. The number of carbonyl (C=O) groups is 2. The lowest BCUT2D eigenvalue weighted by Crippen LogP contribution is -2.46. The Balaban J connectivity index is 2.31. The number of amides is 1. The molecule has 86 valence electrons. The smallest absolute Gasteiger partial charge is 0.265 e. The number of hydrogen-bond acceptors (Lipinski definition) is 3. The van der Waals surface area contributed by atoms with Crippen molar-refractivity contribution in [2.75, 3.05) is 6.54 Å². The molecule has 1 amide bonds. The Morgan fingerprint density at radius 2 is 2.19 bits per heavy atom. The molecule has 2 heterocycles. The van der Waals surface area contributed by atoms with Crippen molar-refractivity contribution in [2.45, 2.75) is 32.7 Å². The van der Waals surface area contributed by atoms with Gasteiger partial charge < -0.3 is 4.90 Å². The fourth-order valence-electron chi connectivity index (χ4n) is 2.02. The molecule has 0 bridgehead atoms. The topological polar surface area (TPSA) is 37.4 Å². The Hall–Kier alpha value is -1.16. The first-order chi connectivity index (χ1) is 7.44. The zero-order chi connectivity index (χ0) is 11.9. The minimum atomic E-state index is -0.645. The van der Waals surface area contributed by atoms with E-state index in [0.717, 1.165) is 10.4 Å². The number of rotatable bonds is 1. The van der Waals surface area contributed by atoms with Gasteiger partial charge in [0.05, 0.1) is 10.4 Å². The molecule has 1 aromatic heterocycles. The van der Waals surface area contributed by atoms with E-state index in [0.29, 0.717) is 13.0 Å². The van der Waals surface area contributed by atoms with E-state index < -0.39 is 5.54 Å². The van der Waals surface area contributed by atoms with Gasteiger partial charge in [0.25, 0.3) is 5.91 Å². The maximum Gasteiger partial charge on any atom is 0.265 e. The Bertz CT molecular complexity index is 448. The summed E-state index contributed by atoms with van der Waals surface area (Å²) in [4.78, 5) is 26.4. The van der Waals surface area contributed by atoms with Crippen LogP contribution in [-0.4, -0.2) is 28.7 Å². The van der Waals surface area contributed by atoms with Crippen molar-refractivity contribution in [3.8, 4) is 0 Å². The second-order valence-corrected chi connectivity index (χ2v) is 5.54. The Kier molecular flexibility index (Phi) is 2.62. The van der Waals surface area contributed by atoms with Gasteiger partial charge in [-0.2, -0.15) is 0 Å². The summed E-state index contributed by atoms with van der Waals surface area (Å²) in [7, 11) is 0. The zero-order valence-corrected chi connectivity index (χ0v) is 10.6. The van der Waals surface area contributed by atoms with E-state index in [9.17, 15) is 9.59 Å². The van der Waals surface area contributed by atoms with Crippen LogP contribution in [0.4, 0.5) is 0 Å². The standard InChI is InChI=1S/C12H15NO2S/c1-8-5-7-16-10(8)11(15)13-6-4-9(14)12(13,2)3/h5,7H,4,6H2,1-3H3. The van der Waals surface area contributed by atoms with Crippen molar-refractivity contribution in [2.24, 2.45) is 0 Å². The lowest BCUT2D eigenvalue weighted by atomic mass is 10.0. The van der Waals surface area contributed by atoms with E-state index in [-0.39, 0.29) is 11.7 Å². The molecule has 0 N–H and O–H groups in total. The van der Waals surface area contributed by atoms with E-state index >= 15 is 0 Å². The quantitative estimate of drug-likeness (QED) is 0.751. The molecular formula is C12H15NO2S. The molecule has 4 heteroatoms. The molecule has 0 spiro atoms. The van der Waals surface area contributed by atoms with Crippen molar-refractivity contribution in [1.29, 1.82) is 0 Å². The Labute approximate surface area is 99.1 Å². The van der Waals surface area contributed by atoms with Gasteiger partial charge in [0, 0.05) is 13.0 Å². The molecule has 0 saturated carbocycles. The normalized spacial score (nSPS) is 19.2. The summed E-state index contributed by atoms with van der Waals surface area (Å²) in [6.45, 7) is 6.11. The van der Waals surface area contributed by atoms with Crippen molar-refractivity contribution in [3.05, 3.63) is 21.9 Å². The monoisotopic (exact) mass is 237 g/mol. The van der Waals surface area contributed by atoms with Crippen LogP contribution in [0.25, 0.3) is 0 Å². The van der Waals surface area contributed by atoms with E-state index in [1.54, 1.807) is 4.90 Å². The number of Topliss-reactive ketones (excluding diaryl/α,β-unsaturated/α-hetero) is 1. The zero-order valence-electron chi connectivity index (χ0n) is 9.74. The highest BCUT2D eigenvalue weighted by atomic mass is 32.1. The highest BCUT2D eigenvalue weighted by Crippen LogP contribution is 2.29. The molecule has 16 heavy (non-hydrogen) atoms. The fraction of sp³-hybridized carbons (Fsp3) is 0.500. The molecule has 1 aromatic rings. The van der Waals surface area contributed by atoms with Gasteiger partial charge in [0.2, 0.25) is 0 Å². The second kappa shape index (κ2) is 3.70. The summed E-state index contributed by atoms with van der Waals surface area (Å²) < 4.78 is 0. The molecule has 0 unspecified atom stereocenters. The number of carbonyl (C=O) groups excluding carboxylic acids is 2. The number of thiophene rings is 1. The molecule has 1 saturated heterocycles. The summed E-state index contributed by atoms with van der Waals surface area (Å²) in [5, 5.41) is 1.91. The number of hydrogen-bond donors (Lipinski definition) is 0. The first-order valence-electron chi connectivity index (χ1n) is 5.34. The van der Waals surface area contributed by atoms with Gasteiger partial charge >= 0.3 is 0 Å². The van der Waals surface area contributed by atoms with E-state index in [2.05, 4.69) is 0 Å². The Morgan fingerprint density at radius 1 is 1.50 bits per heavy atom. The summed E-state index contributed by atoms with van der Waals surface area (Å²) in [6, 6.07) is 1.93. The van der Waals surface area contributed by atoms with Gasteiger partial charge in [-0.25, -0.2) is 0 Å². The Morgan fingerprint density at radius 3 is 2.62 bits per heavy atom. The SMILES string of the molecule is Cc1ccsc1C(=O)N1CCC(=O)C1(C)C. The number of aryl methyl sites for hydroxylation is 1. The minimum Gasteiger partial charge on any atom is -0.325 e. The first-order valence-corrected chi connectivity index (χ1v) is 6.22. The molecule has 1 fully saturated rings. The number of nitrogens with zero attached hydrogens (tertiary/aromatic N) is 1. The van der Waals surface area contributed by atoms with Gasteiger partial charge in [-0.05, 0) is 37.8 Å². The van der Waals surface area contributed by atoms with Gasteiger partial charge in [0.1, 0.15) is 0 Å². The third-order valence-corrected chi connectivity index (χ3v) is 4.23. The highest BCUT2D eigenvalue weighted by molar-refractivity contribution is 7.12. The minimum absolute atomic E-state index is 0.0108. The molecule has 2 rings (SSSR count). The van der Waals surface area contributed by atoms with Crippen LogP contribution in [0.2, 0.25) is 0 Å². The maximum atomic E-state index is 12.3.